The van der Waals surface area contributed by atoms with Crippen molar-refractivity contribution in [1.82, 2.24) is 9.80 Å². The van der Waals surface area contributed by atoms with Crippen molar-refractivity contribution < 1.29 is 34.0 Å². The van der Waals surface area contributed by atoms with Crippen LogP contribution in [-0.4, -0.2) is 89.5 Å². The summed E-state index contributed by atoms with van der Waals surface area (Å²) in [5.74, 6) is -0.155. The summed E-state index contributed by atoms with van der Waals surface area (Å²) in [4.78, 5) is 48.6. The van der Waals surface area contributed by atoms with Crippen LogP contribution >= 0.6 is 11.6 Å². The van der Waals surface area contributed by atoms with Gasteiger partial charge in [0, 0.05) is 44.2 Å². The molecule has 15 nitrogen and oxygen atoms in total. The molecule has 0 unspecified atom stereocenters. The van der Waals surface area contributed by atoms with Crippen molar-refractivity contribution in [1.29, 1.82) is 10.5 Å². The van der Waals surface area contributed by atoms with E-state index in [-0.39, 0.29) is 41.6 Å². The number of amides is 2. The van der Waals surface area contributed by atoms with Gasteiger partial charge in [0.1, 0.15) is 34.8 Å². The summed E-state index contributed by atoms with van der Waals surface area (Å²) < 4.78 is 10.2. The van der Waals surface area contributed by atoms with Gasteiger partial charge in [-0.1, -0.05) is 0 Å². The van der Waals surface area contributed by atoms with Gasteiger partial charge in [0.15, 0.2) is 0 Å². The Labute approximate surface area is 283 Å². The first kappa shape index (κ1) is 40.5. The highest BCUT2D eigenvalue weighted by Gasteiger charge is 2.21. The van der Waals surface area contributed by atoms with E-state index in [2.05, 4.69) is 0 Å². The highest BCUT2D eigenvalue weighted by atomic mass is 35.5. The number of carbonyl (C=O) groups excluding carboxylic acids is 2. The van der Waals surface area contributed by atoms with E-state index in [4.69, 9.17) is 26.2 Å². The smallest absolute Gasteiger partial charge is 0.276 e. The molecule has 0 aliphatic heterocycles. The third-order valence-electron chi connectivity index (χ3n) is 6.93. The summed E-state index contributed by atoms with van der Waals surface area (Å²) in [6.45, 7) is 7.56. The Morgan fingerprint density at radius 3 is 1.48 bits per heavy atom. The number of nitrogens with zero attached hydrogens (tertiary/aromatic N) is 6. The maximum atomic E-state index is 12.4. The van der Waals surface area contributed by atoms with E-state index in [9.17, 15) is 40.3 Å². The molecule has 2 rings (SSSR count). The summed E-state index contributed by atoms with van der Waals surface area (Å²) in [5.41, 5.74) is 0.797. The van der Waals surface area contributed by atoms with E-state index in [0.29, 0.717) is 53.4 Å². The first-order valence-corrected chi connectivity index (χ1v) is 15.0. The van der Waals surface area contributed by atoms with Gasteiger partial charge in [0.05, 0.1) is 41.8 Å². The van der Waals surface area contributed by atoms with Crippen molar-refractivity contribution in [2.45, 2.75) is 27.7 Å². The summed E-state index contributed by atoms with van der Waals surface area (Å²) in [6, 6.07) is 9.30. The Hall–Kier alpha value is -5.51. The highest BCUT2D eigenvalue weighted by Crippen LogP contribution is 2.31. The van der Waals surface area contributed by atoms with Gasteiger partial charge < -0.3 is 24.4 Å². The zero-order chi connectivity index (χ0) is 36.6. The second-order valence-corrected chi connectivity index (χ2v) is 10.1. The lowest BCUT2D eigenvalue weighted by molar-refractivity contribution is -0.385. The number of benzene rings is 2. The van der Waals surface area contributed by atoms with E-state index < -0.39 is 21.7 Å². The molecule has 2 aromatic carbocycles. The lowest BCUT2D eigenvalue weighted by atomic mass is 10.1. The third-order valence-corrected chi connectivity index (χ3v) is 7.10. The number of aliphatic hydroxyl groups excluding tert-OH is 1. The van der Waals surface area contributed by atoms with Crippen molar-refractivity contribution in [3.05, 3.63) is 77.9 Å². The molecule has 48 heavy (non-hydrogen) atoms. The number of methoxy groups -OCH3 is 2. The molecule has 0 bridgehead atoms. The largest absolute Gasteiger partial charge is 0.496 e. The topological polar surface area (TPSA) is 213 Å². The van der Waals surface area contributed by atoms with Crippen molar-refractivity contribution in [3.8, 4) is 23.6 Å². The first-order chi connectivity index (χ1) is 22.8. The number of nitro groups is 2. The summed E-state index contributed by atoms with van der Waals surface area (Å²) in [7, 11) is 2.78. The minimum atomic E-state index is -0.548. The fraction of sp³-hybridized carbons (Fsp3) is 0.375. The average molecular weight is 685 g/mol. The average Bonchev–Trinajstić information content (AvgIpc) is 3.07. The number of likely N-dealkylation sites (N-methyl/N-ethyl adjacent to an activating group) is 2. The number of alkyl halides is 1. The second kappa shape index (κ2) is 19.9. The molecule has 0 spiro atoms. The maximum Gasteiger partial charge on any atom is 0.276 e. The Balaban J connectivity index is 0.000000480. The highest BCUT2D eigenvalue weighted by molar-refractivity contribution is 6.18. The first-order valence-electron chi connectivity index (χ1n) is 14.4. The van der Waals surface area contributed by atoms with E-state index >= 15 is 0 Å². The lowest BCUT2D eigenvalue weighted by Crippen LogP contribution is -2.34. The van der Waals surface area contributed by atoms with Gasteiger partial charge in [-0.3, -0.25) is 29.8 Å². The molecule has 0 fully saturated rings. The molecule has 0 aromatic heterocycles. The number of hydrogen-bond acceptors (Lipinski definition) is 11. The predicted molar refractivity (Wildman–Crippen MR) is 178 cm³/mol. The number of rotatable bonds is 14. The van der Waals surface area contributed by atoms with Gasteiger partial charge in [-0.05, 0) is 63.1 Å². The van der Waals surface area contributed by atoms with Crippen molar-refractivity contribution in [3.63, 3.8) is 0 Å². The van der Waals surface area contributed by atoms with Crippen LogP contribution in [0, 0.1) is 56.7 Å². The van der Waals surface area contributed by atoms with Gasteiger partial charge in [0.2, 0.25) is 0 Å². The monoisotopic (exact) mass is 684 g/mol. The van der Waals surface area contributed by atoms with Crippen LogP contribution in [0.25, 0.3) is 12.2 Å². The molecule has 0 heterocycles. The Kier molecular flexibility index (Phi) is 16.8. The standard InChI is InChI=1S/C16H18ClN3O4.C16H19N3O5/c1-4-19(6-5-17)16(21)13(10-18)7-12-8-14(20(22)23)11(2)15(9-12)24-3;1-4-18(5-6-20)16(21)13(10-17)7-12-8-14(19(22)23)11(2)15(9-12)24-3/h7-9H,4-6H2,1-3H3;7-9,20H,4-6H2,1-3H3/b2*13-7+. The minimum absolute atomic E-state index is 0.103. The third kappa shape index (κ3) is 10.8. The molecular weight excluding hydrogens is 648 g/mol. The SMILES string of the molecule is CCN(CCCl)C(=O)/C(C#N)=C/c1cc(OC)c(C)c([N+](=O)[O-])c1.CCN(CCO)C(=O)/C(C#N)=C/c1cc(OC)c(C)c([N+](=O)[O-])c1. The van der Waals surface area contributed by atoms with Crippen LogP contribution in [0.15, 0.2) is 35.4 Å². The van der Waals surface area contributed by atoms with E-state index in [0.717, 1.165) is 0 Å². The van der Waals surface area contributed by atoms with Crippen molar-refractivity contribution in [2.75, 3.05) is 52.9 Å². The van der Waals surface area contributed by atoms with Crippen LogP contribution < -0.4 is 9.47 Å². The molecular formula is C32H37ClN6O9. The number of hydrogen-bond donors (Lipinski definition) is 1. The van der Waals surface area contributed by atoms with E-state index in [1.165, 1.54) is 54.4 Å². The van der Waals surface area contributed by atoms with Crippen LogP contribution in [0.1, 0.15) is 36.1 Å². The number of nitro benzene ring substituents is 2. The van der Waals surface area contributed by atoms with Crippen LogP contribution in [0.2, 0.25) is 0 Å². The molecule has 0 radical (unpaired) electrons. The normalized spacial score (nSPS) is 10.9. The maximum absolute atomic E-state index is 12.4. The van der Waals surface area contributed by atoms with Gasteiger partial charge in [-0.15, -0.1) is 11.6 Å². The van der Waals surface area contributed by atoms with Crippen LogP contribution in [0.4, 0.5) is 11.4 Å². The molecule has 2 aromatic rings. The molecule has 0 saturated heterocycles. The number of halogens is 1. The zero-order valence-corrected chi connectivity index (χ0v) is 28.2. The van der Waals surface area contributed by atoms with Gasteiger partial charge in [-0.25, -0.2) is 0 Å². The summed E-state index contributed by atoms with van der Waals surface area (Å²) in [5, 5.41) is 49.8. The van der Waals surface area contributed by atoms with Crippen LogP contribution in [-0.2, 0) is 9.59 Å². The molecule has 256 valence electrons. The Morgan fingerprint density at radius 1 is 0.833 bits per heavy atom. The van der Waals surface area contributed by atoms with E-state index in [1.54, 1.807) is 39.8 Å². The Morgan fingerprint density at radius 2 is 1.21 bits per heavy atom. The quantitative estimate of drug-likeness (QED) is 0.0956. The second-order valence-electron chi connectivity index (χ2n) is 9.77. The molecule has 0 aliphatic carbocycles. The number of nitriles is 2. The van der Waals surface area contributed by atoms with Gasteiger partial charge in [0.25, 0.3) is 23.2 Å². The summed E-state index contributed by atoms with van der Waals surface area (Å²) in [6.07, 6.45) is 2.59. The fourth-order valence-electron chi connectivity index (χ4n) is 4.34. The number of aliphatic hydroxyl groups is 1. The van der Waals surface area contributed by atoms with Crippen molar-refractivity contribution in [2.24, 2.45) is 0 Å². The minimum Gasteiger partial charge on any atom is -0.496 e. The van der Waals surface area contributed by atoms with E-state index in [1.807, 2.05) is 6.07 Å². The van der Waals surface area contributed by atoms with Crippen molar-refractivity contribution >= 4 is 46.9 Å². The Bertz CT molecular complexity index is 1540. The number of carbonyl (C=O) groups is 2. The molecule has 1 N–H and O–H groups in total. The van der Waals surface area contributed by atoms with Gasteiger partial charge in [-0.2, -0.15) is 10.5 Å². The zero-order valence-electron chi connectivity index (χ0n) is 27.5. The van der Waals surface area contributed by atoms with Crippen LogP contribution in [0.5, 0.6) is 11.5 Å². The molecule has 0 aliphatic rings. The summed E-state index contributed by atoms with van der Waals surface area (Å²) >= 11 is 5.65. The predicted octanol–water partition coefficient (Wildman–Crippen LogP) is 4.57. The molecule has 16 heteroatoms. The molecule has 0 saturated carbocycles. The van der Waals surface area contributed by atoms with Crippen LogP contribution in [0.3, 0.4) is 0 Å². The molecule has 0 atom stereocenters. The fourth-order valence-corrected chi connectivity index (χ4v) is 4.55. The number of ether oxygens (including phenoxy) is 2. The molecule has 2 amide bonds. The van der Waals surface area contributed by atoms with Gasteiger partial charge >= 0.3 is 0 Å². The lowest BCUT2D eigenvalue weighted by Gasteiger charge is -2.18.